The van der Waals surface area contributed by atoms with Gasteiger partial charge in [-0.05, 0) is 46.8 Å². The molecule has 0 atom stereocenters. The third-order valence-corrected chi connectivity index (χ3v) is 4.40. The van der Waals surface area contributed by atoms with Crippen molar-refractivity contribution in [2.45, 2.75) is 26.2 Å². The molecule has 1 aliphatic heterocycles. The highest BCUT2D eigenvalue weighted by atomic mass is 79.9. The average Bonchev–Trinajstić information content (AvgIpc) is 2.38. The standard InChI is InChI=1S/C14H18BrNO2/c1-2-10-6-8-16(9-7-10)12-5-3-4-11(15)13(12)14(17)18/h3-5,10H,2,6-9H2,1H3,(H,17,18). The van der Waals surface area contributed by atoms with E-state index in [2.05, 4.69) is 27.8 Å². The number of carboxylic acid groups (broad SMARTS) is 1. The zero-order chi connectivity index (χ0) is 13.1. The summed E-state index contributed by atoms with van der Waals surface area (Å²) < 4.78 is 0.658. The highest BCUT2D eigenvalue weighted by Gasteiger charge is 2.23. The van der Waals surface area contributed by atoms with Crippen molar-refractivity contribution in [1.29, 1.82) is 0 Å². The van der Waals surface area contributed by atoms with Gasteiger partial charge in [-0.3, -0.25) is 0 Å². The van der Waals surface area contributed by atoms with Crippen LogP contribution in [0.5, 0.6) is 0 Å². The molecule has 0 saturated carbocycles. The number of piperidine rings is 1. The second-order valence-electron chi connectivity index (χ2n) is 4.78. The van der Waals surface area contributed by atoms with E-state index in [1.165, 1.54) is 6.42 Å². The molecular weight excluding hydrogens is 294 g/mol. The lowest BCUT2D eigenvalue weighted by atomic mass is 9.94. The molecule has 1 aromatic rings. The van der Waals surface area contributed by atoms with Crippen LogP contribution < -0.4 is 4.90 Å². The maximum Gasteiger partial charge on any atom is 0.338 e. The Bertz CT molecular complexity index is 439. The number of aromatic carboxylic acids is 1. The van der Waals surface area contributed by atoms with E-state index in [9.17, 15) is 9.90 Å². The number of nitrogens with zero attached hydrogens (tertiary/aromatic N) is 1. The minimum Gasteiger partial charge on any atom is -0.478 e. The first-order valence-electron chi connectivity index (χ1n) is 6.40. The molecule has 0 bridgehead atoms. The maximum atomic E-state index is 11.3. The first kappa shape index (κ1) is 13.4. The van der Waals surface area contributed by atoms with E-state index in [-0.39, 0.29) is 0 Å². The molecule has 1 saturated heterocycles. The Morgan fingerprint density at radius 1 is 1.44 bits per heavy atom. The van der Waals surface area contributed by atoms with Gasteiger partial charge in [0.25, 0.3) is 0 Å². The number of halogens is 1. The number of benzene rings is 1. The van der Waals surface area contributed by atoms with Gasteiger partial charge in [-0.25, -0.2) is 4.79 Å². The van der Waals surface area contributed by atoms with Crippen LogP contribution in [0, 0.1) is 5.92 Å². The van der Waals surface area contributed by atoms with Crippen LogP contribution in [-0.4, -0.2) is 24.2 Å². The van der Waals surface area contributed by atoms with Crippen molar-refractivity contribution in [3.63, 3.8) is 0 Å². The maximum absolute atomic E-state index is 11.3. The first-order chi connectivity index (χ1) is 8.63. The van der Waals surface area contributed by atoms with Crippen LogP contribution in [0.1, 0.15) is 36.5 Å². The Kier molecular flexibility index (Phi) is 4.27. The lowest BCUT2D eigenvalue weighted by Gasteiger charge is -2.34. The van der Waals surface area contributed by atoms with Gasteiger partial charge >= 0.3 is 5.97 Å². The molecule has 98 valence electrons. The van der Waals surface area contributed by atoms with Gasteiger partial charge in [-0.2, -0.15) is 0 Å². The van der Waals surface area contributed by atoms with Crippen molar-refractivity contribution < 1.29 is 9.90 Å². The van der Waals surface area contributed by atoms with Gasteiger partial charge in [-0.1, -0.05) is 19.4 Å². The Labute approximate surface area is 116 Å². The van der Waals surface area contributed by atoms with E-state index in [0.717, 1.165) is 37.5 Å². The van der Waals surface area contributed by atoms with Crippen LogP contribution in [0.15, 0.2) is 22.7 Å². The van der Waals surface area contributed by atoms with Gasteiger partial charge in [0.05, 0.1) is 11.3 Å². The van der Waals surface area contributed by atoms with Crippen LogP contribution in [0.4, 0.5) is 5.69 Å². The number of rotatable bonds is 3. The molecule has 0 aromatic heterocycles. The summed E-state index contributed by atoms with van der Waals surface area (Å²) in [6.07, 6.45) is 3.53. The van der Waals surface area contributed by atoms with Crippen molar-refractivity contribution in [3.05, 3.63) is 28.2 Å². The first-order valence-corrected chi connectivity index (χ1v) is 7.19. The fourth-order valence-corrected chi connectivity index (χ4v) is 3.10. The zero-order valence-electron chi connectivity index (χ0n) is 10.5. The van der Waals surface area contributed by atoms with Crippen molar-refractivity contribution in [1.82, 2.24) is 0 Å². The van der Waals surface area contributed by atoms with E-state index < -0.39 is 5.97 Å². The van der Waals surface area contributed by atoms with Gasteiger partial charge in [0.15, 0.2) is 0 Å². The molecule has 0 radical (unpaired) electrons. The van der Waals surface area contributed by atoms with Crippen molar-refractivity contribution in [2.24, 2.45) is 5.92 Å². The van der Waals surface area contributed by atoms with E-state index in [1.54, 1.807) is 6.07 Å². The fraction of sp³-hybridized carbons (Fsp3) is 0.500. The summed E-state index contributed by atoms with van der Waals surface area (Å²) >= 11 is 3.33. The van der Waals surface area contributed by atoms with Gasteiger partial charge < -0.3 is 10.0 Å². The van der Waals surface area contributed by atoms with E-state index in [4.69, 9.17) is 0 Å². The molecule has 1 aromatic carbocycles. The molecule has 18 heavy (non-hydrogen) atoms. The van der Waals surface area contributed by atoms with Gasteiger partial charge in [0.2, 0.25) is 0 Å². The lowest BCUT2D eigenvalue weighted by molar-refractivity contribution is 0.0696. The topological polar surface area (TPSA) is 40.5 Å². The molecule has 0 amide bonds. The minimum absolute atomic E-state index is 0.382. The molecule has 2 rings (SSSR count). The second-order valence-corrected chi connectivity index (χ2v) is 5.63. The predicted molar refractivity (Wildman–Crippen MR) is 76.3 cm³/mol. The lowest BCUT2D eigenvalue weighted by Crippen LogP contribution is -2.34. The van der Waals surface area contributed by atoms with E-state index >= 15 is 0 Å². The monoisotopic (exact) mass is 311 g/mol. The molecular formula is C14H18BrNO2. The van der Waals surface area contributed by atoms with Gasteiger partial charge in [0.1, 0.15) is 0 Å². The van der Waals surface area contributed by atoms with Crippen LogP contribution in [-0.2, 0) is 0 Å². The number of anilines is 1. The highest BCUT2D eigenvalue weighted by molar-refractivity contribution is 9.10. The number of carbonyl (C=O) groups is 1. The molecule has 1 N–H and O–H groups in total. The summed E-state index contributed by atoms with van der Waals surface area (Å²) in [6, 6.07) is 5.59. The van der Waals surface area contributed by atoms with Crippen LogP contribution in [0.3, 0.4) is 0 Å². The summed E-state index contributed by atoms with van der Waals surface area (Å²) in [7, 11) is 0. The largest absolute Gasteiger partial charge is 0.478 e. The van der Waals surface area contributed by atoms with Crippen molar-refractivity contribution >= 4 is 27.6 Å². The Hall–Kier alpha value is -1.03. The van der Waals surface area contributed by atoms with Crippen LogP contribution in [0.25, 0.3) is 0 Å². The minimum atomic E-state index is -0.866. The SMILES string of the molecule is CCC1CCN(c2cccc(Br)c2C(=O)O)CC1. The second kappa shape index (κ2) is 5.74. The summed E-state index contributed by atoms with van der Waals surface area (Å²) in [5, 5.41) is 9.32. The molecule has 1 heterocycles. The average molecular weight is 312 g/mol. The number of hydrogen-bond donors (Lipinski definition) is 1. The van der Waals surface area contributed by atoms with Crippen LogP contribution >= 0.6 is 15.9 Å². The molecule has 0 aliphatic carbocycles. The fourth-order valence-electron chi connectivity index (χ4n) is 2.57. The zero-order valence-corrected chi connectivity index (χ0v) is 12.1. The predicted octanol–water partition coefficient (Wildman–Crippen LogP) is 3.77. The van der Waals surface area contributed by atoms with E-state index in [1.807, 2.05) is 12.1 Å². The summed E-state index contributed by atoms with van der Waals surface area (Å²) in [6.45, 7) is 4.13. The molecule has 1 aliphatic rings. The summed E-state index contributed by atoms with van der Waals surface area (Å²) in [4.78, 5) is 13.5. The molecule has 0 unspecified atom stereocenters. The molecule has 0 spiro atoms. The van der Waals surface area contributed by atoms with Gasteiger partial charge in [0, 0.05) is 17.6 Å². The van der Waals surface area contributed by atoms with Crippen molar-refractivity contribution in [3.8, 4) is 0 Å². The third-order valence-electron chi connectivity index (χ3n) is 3.74. The summed E-state index contributed by atoms with van der Waals surface area (Å²) in [5.74, 6) is -0.0724. The normalized spacial score (nSPS) is 16.9. The molecule has 4 heteroatoms. The molecule has 3 nitrogen and oxygen atoms in total. The summed E-state index contributed by atoms with van der Waals surface area (Å²) in [5.41, 5.74) is 1.22. The Balaban J connectivity index is 2.24. The van der Waals surface area contributed by atoms with Crippen LogP contribution in [0.2, 0.25) is 0 Å². The van der Waals surface area contributed by atoms with Crippen molar-refractivity contribution in [2.75, 3.05) is 18.0 Å². The van der Waals surface area contributed by atoms with E-state index in [0.29, 0.717) is 10.0 Å². The Morgan fingerprint density at radius 3 is 2.67 bits per heavy atom. The quantitative estimate of drug-likeness (QED) is 0.923. The number of hydrogen-bond acceptors (Lipinski definition) is 2. The smallest absolute Gasteiger partial charge is 0.338 e. The number of carboxylic acids is 1. The third kappa shape index (κ3) is 2.69. The Morgan fingerprint density at radius 2 is 2.11 bits per heavy atom. The van der Waals surface area contributed by atoms with Gasteiger partial charge in [-0.15, -0.1) is 0 Å². The molecule has 1 fully saturated rings. The highest BCUT2D eigenvalue weighted by Crippen LogP contribution is 2.31.